The van der Waals surface area contributed by atoms with E-state index in [4.69, 9.17) is 0 Å². The van der Waals surface area contributed by atoms with Gasteiger partial charge in [-0.05, 0) is 19.4 Å². The Bertz CT molecular complexity index is 143. The Morgan fingerprint density at radius 2 is 2.45 bits per heavy atom. The first kappa shape index (κ1) is 8.49. The molecule has 1 fully saturated rings. The Kier molecular flexibility index (Phi) is 2.84. The fraction of sp³-hybridized carbons (Fsp3) is 0.857. The molecule has 1 heterocycles. The Labute approximate surface area is 66.9 Å². The first-order chi connectivity index (χ1) is 5.25. The normalized spacial score (nSPS) is 23.6. The highest BCUT2D eigenvalue weighted by atomic mass is 16.2. The summed E-state index contributed by atoms with van der Waals surface area (Å²) >= 11 is 0. The lowest BCUT2D eigenvalue weighted by molar-refractivity contribution is -0.134. The van der Waals surface area contributed by atoms with Crippen LogP contribution >= 0.6 is 0 Å². The van der Waals surface area contributed by atoms with Crippen LogP contribution in [-0.4, -0.2) is 37.6 Å². The third-order valence-electron chi connectivity index (χ3n) is 2.02. The molecule has 1 saturated heterocycles. The van der Waals surface area contributed by atoms with E-state index in [1.165, 1.54) is 5.01 Å². The van der Waals surface area contributed by atoms with Gasteiger partial charge in [-0.2, -0.15) is 0 Å². The number of nitrogens with one attached hydrogen (secondary N) is 2. The van der Waals surface area contributed by atoms with Crippen molar-refractivity contribution in [2.45, 2.75) is 18.9 Å². The van der Waals surface area contributed by atoms with E-state index in [0.29, 0.717) is 0 Å². The second-order valence-electron chi connectivity index (χ2n) is 2.77. The van der Waals surface area contributed by atoms with Crippen LogP contribution in [0.1, 0.15) is 12.8 Å². The summed E-state index contributed by atoms with van der Waals surface area (Å²) in [4.78, 5) is 11.4. The van der Waals surface area contributed by atoms with Crippen molar-refractivity contribution in [2.75, 3.05) is 20.6 Å². The molecule has 1 unspecified atom stereocenters. The van der Waals surface area contributed by atoms with Crippen LogP contribution in [0, 0.1) is 0 Å². The van der Waals surface area contributed by atoms with Gasteiger partial charge in [-0.3, -0.25) is 9.80 Å². The van der Waals surface area contributed by atoms with Crippen molar-refractivity contribution in [2.24, 2.45) is 0 Å². The van der Waals surface area contributed by atoms with Crippen molar-refractivity contribution in [1.82, 2.24) is 15.8 Å². The first-order valence-electron chi connectivity index (χ1n) is 3.94. The number of hydrogen-bond donors (Lipinski definition) is 2. The molecule has 0 bridgehead atoms. The van der Waals surface area contributed by atoms with Crippen molar-refractivity contribution in [3.63, 3.8) is 0 Å². The third-order valence-corrected chi connectivity index (χ3v) is 2.02. The maximum Gasteiger partial charge on any atom is 0.253 e. The predicted octanol–water partition coefficient (Wildman–Crippen LogP) is -0.669. The Morgan fingerprint density at radius 1 is 1.73 bits per heavy atom. The van der Waals surface area contributed by atoms with Crippen LogP contribution in [0.4, 0.5) is 0 Å². The lowest BCUT2D eigenvalue weighted by atomic mass is 10.2. The number of likely N-dealkylation sites (N-methyl/N-ethyl adjacent to an activating group) is 1. The van der Waals surface area contributed by atoms with E-state index in [-0.39, 0.29) is 11.9 Å². The van der Waals surface area contributed by atoms with Crippen molar-refractivity contribution in [3.05, 3.63) is 0 Å². The smallest absolute Gasteiger partial charge is 0.253 e. The molecular formula is C7H15N3O. The quantitative estimate of drug-likeness (QED) is 0.523. The van der Waals surface area contributed by atoms with Crippen LogP contribution in [0.25, 0.3) is 0 Å². The molecule has 0 aromatic carbocycles. The van der Waals surface area contributed by atoms with Gasteiger partial charge in [-0.15, -0.1) is 0 Å². The van der Waals surface area contributed by atoms with Gasteiger partial charge in [0.25, 0.3) is 5.91 Å². The molecule has 0 aliphatic carbocycles. The Morgan fingerprint density at radius 3 is 2.91 bits per heavy atom. The number of nitrogens with zero attached hydrogens (tertiary/aromatic N) is 1. The molecule has 0 spiro atoms. The van der Waals surface area contributed by atoms with E-state index < -0.39 is 0 Å². The molecule has 0 saturated carbocycles. The highest BCUT2D eigenvalue weighted by Crippen LogP contribution is 2.06. The molecule has 64 valence electrons. The number of carbonyl (C=O) groups excluding carboxylic acids is 1. The summed E-state index contributed by atoms with van der Waals surface area (Å²) < 4.78 is 0. The van der Waals surface area contributed by atoms with Gasteiger partial charge in [0, 0.05) is 14.1 Å². The highest BCUT2D eigenvalue weighted by Gasteiger charge is 2.23. The van der Waals surface area contributed by atoms with E-state index in [9.17, 15) is 4.79 Å². The second kappa shape index (κ2) is 3.69. The van der Waals surface area contributed by atoms with Crippen LogP contribution in [0.2, 0.25) is 0 Å². The van der Waals surface area contributed by atoms with Crippen molar-refractivity contribution < 1.29 is 4.79 Å². The minimum Gasteiger partial charge on any atom is -0.306 e. The van der Waals surface area contributed by atoms with E-state index in [0.717, 1.165) is 19.4 Å². The van der Waals surface area contributed by atoms with Gasteiger partial charge in [-0.25, -0.2) is 5.43 Å². The molecule has 2 N–H and O–H groups in total. The molecule has 4 heteroatoms. The van der Waals surface area contributed by atoms with Crippen molar-refractivity contribution >= 4 is 5.91 Å². The zero-order valence-electron chi connectivity index (χ0n) is 7.05. The van der Waals surface area contributed by atoms with Crippen LogP contribution in [0.5, 0.6) is 0 Å². The fourth-order valence-corrected chi connectivity index (χ4v) is 1.24. The molecule has 1 aliphatic heterocycles. The lowest BCUT2D eigenvalue weighted by Crippen LogP contribution is -2.46. The van der Waals surface area contributed by atoms with Crippen LogP contribution in [-0.2, 0) is 4.79 Å². The summed E-state index contributed by atoms with van der Waals surface area (Å²) in [5, 5.41) is 4.66. The average molecular weight is 157 g/mol. The summed E-state index contributed by atoms with van der Waals surface area (Å²) in [6.45, 7) is 0.966. The minimum atomic E-state index is 0.0347. The van der Waals surface area contributed by atoms with E-state index >= 15 is 0 Å². The molecule has 0 aromatic rings. The predicted molar refractivity (Wildman–Crippen MR) is 42.9 cm³/mol. The van der Waals surface area contributed by atoms with E-state index in [1.807, 2.05) is 0 Å². The number of amides is 1. The maximum absolute atomic E-state index is 11.4. The van der Waals surface area contributed by atoms with Gasteiger partial charge in [0.05, 0.1) is 6.04 Å². The Hall–Kier alpha value is -0.610. The topological polar surface area (TPSA) is 44.4 Å². The monoisotopic (exact) mass is 157 g/mol. The van der Waals surface area contributed by atoms with Crippen LogP contribution in [0.3, 0.4) is 0 Å². The fourth-order valence-electron chi connectivity index (χ4n) is 1.24. The maximum atomic E-state index is 11.4. The molecule has 1 atom stereocenters. The highest BCUT2D eigenvalue weighted by molar-refractivity contribution is 5.81. The van der Waals surface area contributed by atoms with Gasteiger partial charge in [0.1, 0.15) is 0 Å². The third kappa shape index (κ3) is 1.91. The molecule has 0 aromatic heterocycles. The SMILES string of the molecule is CNN(C)C(=O)C1CCCN1. The summed E-state index contributed by atoms with van der Waals surface area (Å²) in [5.74, 6) is 0.130. The summed E-state index contributed by atoms with van der Waals surface area (Å²) in [5.41, 5.74) is 2.79. The number of hydrogen-bond acceptors (Lipinski definition) is 3. The van der Waals surface area contributed by atoms with Crippen molar-refractivity contribution in [1.29, 1.82) is 0 Å². The van der Waals surface area contributed by atoms with Gasteiger partial charge in [0.15, 0.2) is 0 Å². The molecule has 1 rings (SSSR count). The summed E-state index contributed by atoms with van der Waals surface area (Å²) in [7, 11) is 3.48. The molecule has 1 aliphatic rings. The Balaban J connectivity index is 2.39. The number of carbonyl (C=O) groups is 1. The molecule has 1 amide bonds. The van der Waals surface area contributed by atoms with Crippen molar-refractivity contribution in [3.8, 4) is 0 Å². The number of rotatable bonds is 2. The largest absolute Gasteiger partial charge is 0.306 e. The average Bonchev–Trinajstić information content (AvgIpc) is 2.53. The molecular weight excluding hydrogens is 142 g/mol. The summed E-state index contributed by atoms with van der Waals surface area (Å²) in [6, 6.07) is 0.0347. The molecule has 4 nitrogen and oxygen atoms in total. The standard InChI is InChI=1S/C7H15N3O/c1-8-10(2)7(11)6-4-3-5-9-6/h6,8-9H,3-5H2,1-2H3. The zero-order chi connectivity index (χ0) is 8.27. The number of hydrazine groups is 1. The van der Waals surface area contributed by atoms with Gasteiger partial charge >= 0.3 is 0 Å². The van der Waals surface area contributed by atoms with Gasteiger partial charge in [-0.1, -0.05) is 0 Å². The molecule has 11 heavy (non-hydrogen) atoms. The summed E-state index contributed by atoms with van der Waals surface area (Å²) in [6.07, 6.45) is 2.07. The van der Waals surface area contributed by atoms with Gasteiger partial charge in [0.2, 0.25) is 0 Å². The second-order valence-corrected chi connectivity index (χ2v) is 2.77. The van der Waals surface area contributed by atoms with Gasteiger partial charge < -0.3 is 5.32 Å². The van der Waals surface area contributed by atoms with Crippen LogP contribution < -0.4 is 10.7 Å². The molecule has 0 radical (unpaired) electrons. The van der Waals surface area contributed by atoms with E-state index in [1.54, 1.807) is 14.1 Å². The lowest BCUT2D eigenvalue weighted by Gasteiger charge is -2.19. The van der Waals surface area contributed by atoms with Crippen LogP contribution in [0.15, 0.2) is 0 Å². The van der Waals surface area contributed by atoms with E-state index in [2.05, 4.69) is 10.7 Å². The first-order valence-corrected chi connectivity index (χ1v) is 3.94. The zero-order valence-corrected chi connectivity index (χ0v) is 7.05. The minimum absolute atomic E-state index is 0.0347.